The Morgan fingerprint density at radius 1 is 1.26 bits per heavy atom. The average molecular weight is 489 g/mol. The SMILES string of the molecule is COc1cc(-c2cc(C(=O)N3CC[C@H](C(=O)N[C@H]4CN(C)CC[C@H]4F)CC34CC4)n[nH]2)c(F)cn1. The van der Waals surface area contributed by atoms with Crippen LogP contribution in [0.2, 0.25) is 0 Å². The molecule has 11 heteroatoms. The Hall–Kier alpha value is -3.08. The number of halogens is 2. The van der Waals surface area contributed by atoms with E-state index in [2.05, 4.69) is 20.5 Å². The summed E-state index contributed by atoms with van der Waals surface area (Å²) >= 11 is 0. The number of nitrogens with zero attached hydrogens (tertiary/aromatic N) is 4. The van der Waals surface area contributed by atoms with Gasteiger partial charge in [0.15, 0.2) is 11.5 Å². The van der Waals surface area contributed by atoms with E-state index in [1.54, 1.807) is 4.90 Å². The Balaban J connectivity index is 1.26. The van der Waals surface area contributed by atoms with E-state index in [-0.39, 0.29) is 40.4 Å². The number of likely N-dealkylation sites (tertiary alicyclic amines) is 2. The minimum Gasteiger partial charge on any atom is -0.481 e. The minimum absolute atomic E-state index is 0.129. The number of H-pyrrole nitrogens is 1. The average Bonchev–Trinajstić information content (AvgIpc) is 3.42. The molecule has 2 amide bonds. The lowest BCUT2D eigenvalue weighted by Crippen LogP contribution is -2.56. The molecule has 2 N–H and O–H groups in total. The summed E-state index contributed by atoms with van der Waals surface area (Å²) in [5.41, 5.74) is 0.373. The molecule has 0 unspecified atom stereocenters. The van der Waals surface area contributed by atoms with Crippen LogP contribution in [0.1, 0.15) is 42.6 Å². The maximum Gasteiger partial charge on any atom is 0.274 e. The van der Waals surface area contributed by atoms with Crippen molar-refractivity contribution in [3.05, 3.63) is 29.8 Å². The second-order valence-electron chi connectivity index (χ2n) is 9.93. The van der Waals surface area contributed by atoms with Crippen LogP contribution >= 0.6 is 0 Å². The third-order valence-corrected chi connectivity index (χ3v) is 7.53. The lowest BCUT2D eigenvalue weighted by molar-refractivity contribution is -0.129. The zero-order chi connectivity index (χ0) is 24.7. The number of carbonyl (C=O) groups is 2. The van der Waals surface area contributed by atoms with E-state index in [1.807, 2.05) is 11.9 Å². The van der Waals surface area contributed by atoms with Gasteiger partial charge in [0.1, 0.15) is 6.17 Å². The molecule has 2 saturated heterocycles. The summed E-state index contributed by atoms with van der Waals surface area (Å²) in [6.07, 6.45) is 3.12. The summed E-state index contributed by atoms with van der Waals surface area (Å²) in [5.74, 6) is -0.939. The van der Waals surface area contributed by atoms with Crippen molar-refractivity contribution in [3.63, 3.8) is 0 Å². The number of likely N-dealkylation sites (N-methyl/N-ethyl adjacent to an activating group) is 1. The van der Waals surface area contributed by atoms with Crippen molar-refractivity contribution in [1.82, 2.24) is 30.3 Å². The number of carbonyl (C=O) groups excluding carboxylic acids is 2. The van der Waals surface area contributed by atoms with Crippen LogP contribution in [-0.2, 0) is 4.79 Å². The summed E-state index contributed by atoms with van der Waals surface area (Å²) in [4.78, 5) is 33.9. The van der Waals surface area contributed by atoms with E-state index in [0.29, 0.717) is 44.6 Å². The van der Waals surface area contributed by atoms with E-state index < -0.39 is 18.0 Å². The van der Waals surface area contributed by atoms with E-state index in [1.165, 1.54) is 19.2 Å². The van der Waals surface area contributed by atoms with Crippen molar-refractivity contribution in [1.29, 1.82) is 0 Å². The van der Waals surface area contributed by atoms with Crippen molar-refractivity contribution in [2.75, 3.05) is 33.8 Å². The summed E-state index contributed by atoms with van der Waals surface area (Å²) in [5, 5.41) is 9.79. The molecule has 1 spiro atoms. The van der Waals surface area contributed by atoms with Gasteiger partial charge in [-0.3, -0.25) is 14.7 Å². The van der Waals surface area contributed by atoms with E-state index >= 15 is 0 Å². The van der Waals surface area contributed by atoms with Gasteiger partial charge in [-0.15, -0.1) is 0 Å². The van der Waals surface area contributed by atoms with Crippen LogP contribution in [0.3, 0.4) is 0 Å². The lowest BCUT2D eigenvalue weighted by atomic mass is 9.87. The third kappa shape index (κ3) is 4.61. The van der Waals surface area contributed by atoms with Gasteiger partial charge in [-0.05, 0) is 45.2 Å². The maximum absolute atomic E-state index is 14.3. The second kappa shape index (κ2) is 9.18. The number of methoxy groups -OCH3 is 1. The first kappa shape index (κ1) is 23.7. The molecule has 0 aromatic carbocycles. The first-order chi connectivity index (χ1) is 16.8. The molecule has 0 radical (unpaired) electrons. The molecular formula is C24H30F2N6O3. The van der Waals surface area contributed by atoms with Crippen molar-refractivity contribution in [2.24, 2.45) is 5.92 Å². The van der Waals surface area contributed by atoms with Gasteiger partial charge in [-0.1, -0.05) is 0 Å². The minimum atomic E-state index is -1.04. The van der Waals surface area contributed by atoms with Gasteiger partial charge in [-0.2, -0.15) is 5.10 Å². The molecule has 3 fully saturated rings. The highest BCUT2D eigenvalue weighted by molar-refractivity contribution is 5.94. The monoisotopic (exact) mass is 488 g/mol. The van der Waals surface area contributed by atoms with Gasteiger partial charge in [0.05, 0.1) is 25.0 Å². The smallest absolute Gasteiger partial charge is 0.274 e. The molecule has 2 aromatic heterocycles. The fraction of sp³-hybridized carbons (Fsp3) is 0.583. The molecule has 1 aliphatic carbocycles. The molecule has 3 aliphatic rings. The Morgan fingerprint density at radius 2 is 2.06 bits per heavy atom. The number of ether oxygens (including phenoxy) is 1. The Bertz CT molecular complexity index is 1120. The topological polar surface area (TPSA) is 103 Å². The quantitative estimate of drug-likeness (QED) is 0.669. The highest BCUT2D eigenvalue weighted by Gasteiger charge is 2.55. The van der Waals surface area contributed by atoms with Crippen molar-refractivity contribution in [3.8, 4) is 17.1 Å². The fourth-order valence-corrected chi connectivity index (χ4v) is 5.32. The number of rotatable bonds is 5. The molecule has 188 valence electrons. The van der Waals surface area contributed by atoms with Gasteiger partial charge < -0.3 is 19.9 Å². The summed E-state index contributed by atoms with van der Waals surface area (Å²) in [6, 6.07) is 2.47. The molecule has 1 saturated carbocycles. The molecule has 2 aromatic rings. The Labute approximate surface area is 202 Å². The van der Waals surface area contributed by atoms with Gasteiger partial charge in [0.25, 0.3) is 5.91 Å². The Kier molecular flexibility index (Phi) is 6.20. The zero-order valence-electron chi connectivity index (χ0n) is 19.9. The second-order valence-corrected chi connectivity index (χ2v) is 9.93. The third-order valence-electron chi connectivity index (χ3n) is 7.53. The Morgan fingerprint density at radius 3 is 2.80 bits per heavy atom. The number of nitrogens with one attached hydrogen (secondary N) is 2. The predicted molar refractivity (Wildman–Crippen MR) is 123 cm³/mol. The summed E-state index contributed by atoms with van der Waals surface area (Å²) in [6.45, 7) is 1.61. The molecule has 3 atom stereocenters. The van der Waals surface area contributed by atoms with E-state index in [9.17, 15) is 18.4 Å². The van der Waals surface area contributed by atoms with Crippen LogP contribution in [0, 0.1) is 11.7 Å². The number of hydrogen-bond acceptors (Lipinski definition) is 6. The predicted octanol–water partition coefficient (Wildman–Crippen LogP) is 2.16. The molecule has 4 heterocycles. The van der Waals surface area contributed by atoms with Gasteiger partial charge in [0, 0.05) is 42.7 Å². The van der Waals surface area contributed by atoms with Crippen LogP contribution in [0.15, 0.2) is 18.3 Å². The zero-order valence-corrected chi connectivity index (χ0v) is 19.9. The summed E-state index contributed by atoms with van der Waals surface area (Å²) in [7, 11) is 3.36. The van der Waals surface area contributed by atoms with Gasteiger partial charge >= 0.3 is 0 Å². The number of hydrogen-bond donors (Lipinski definition) is 2. The number of piperidine rings is 2. The molecule has 5 rings (SSSR count). The van der Waals surface area contributed by atoms with E-state index in [4.69, 9.17) is 4.74 Å². The van der Waals surface area contributed by atoms with Crippen molar-refractivity contribution < 1.29 is 23.1 Å². The first-order valence-corrected chi connectivity index (χ1v) is 12.0. The van der Waals surface area contributed by atoms with Gasteiger partial charge in [-0.25, -0.2) is 13.8 Å². The van der Waals surface area contributed by atoms with Crippen LogP contribution in [-0.4, -0.2) is 88.3 Å². The molecule has 35 heavy (non-hydrogen) atoms. The van der Waals surface area contributed by atoms with Crippen LogP contribution in [0.25, 0.3) is 11.3 Å². The highest BCUT2D eigenvalue weighted by Crippen LogP contribution is 2.50. The number of pyridine rings is 1. The van der Waals surface area contributed by atoms with Crippen LogP contribution in [0.4, 0.5) is 8.78 Å². The molecular weight excluding hydrogens is 458 g/mol. The standard InChI is InChI=1S/C24H30F2N6O3/c1-31-7-4-16(25)20(13-31)28-22(33)14-3-8-32(24(11-14)5-6-24)23(34)19-10-18(29-30-19)15-9-21(35-2)27-12-17(15)26/h9-10,12,14,16,20H,3-8,11,13H2,1-2H3,(H,28,33)(H,29,30)/t14-,16+,20-/m0/s1. The van der Waals surface area contributed by atoms with Gasteiger partial charge in [0.2, 0.25) is 11.8 Å². The number of aromatic nitrogens is 3. The largest absolute Gasteiger partial charge is 0.481 e. The molecule has 9 nitrogen and oxygen atoms in total. The first-order valence-electron chi connectivity index (χ1n) is 12.0. The highest BCUT2D eigenvalue weighted by atomic mass is 19.1. The summed E-state index contributed by atoms with van der Waals surface area (Å²) < 4.78 is 33.7. The van der Waals surface area contributed by atoms with Crippen molar-refractivity contribution >= 4 is 11.8 Å². The number of amides is 2. The molecule has 0 bridgehead atoms. The normalized spacial score (nSPS) is 25.9. The number of alkyl halides is 1. The van der Waals surface area contributed by atoms with Crippen LogP contribution in [0.5, 0.6) is 5.88 Å². The molecule has 2 aliphatic heterocycles. The van der Waals surface area contributed by atoms with E-state index in [0.717, 1.165) is 19.0 Å². The lowest BCUT2D eigenvalue weighted by Gasteiger charge is -2.40. The van der Waals surface area contributed by atoms with Crippen molar-refractivity contribution in [2.45, 2.75) is 49.9 Å². The fourth-order valence-electron chi connectivity index (χ4n) is 5.32. The maximum atomic E-state index is 14.3. The number of aromatic amines is 1. The van der Waals surface area contributed by atoms with Crippen LogP contribution < -0.4 is 10.1 Å².